The number of hydrogen-bond donors (Lipinski definition) is 3. The van der Waals surface area contributed by atoms with Crippen LogP contribution in [-0.2, 0) is 13.9 Å². The first-order chi connectivity index (χ1) is 13.3. The van der Waals surface area contributed by atoms with E-state index in [1.807, 2.05) is 0 Å². The SMILES string of the molecule is Cc1cn([C@H]2C[C@@](O)(COCCO[Si](C)(C)C(C)(C)C)[C@@H](CO)O2)c(=O)[nH]c1=O. The van der Waals surface area contributed by atoms with E-state index in [0.29, 0.717) is 18.8 Å². The second-order valence-corrected chi connectivity index (χ2v) is 14.0. The van der Waals surface area contributed by atoms with E-state index in [-0.39, 0.29) is 18.1 Å². The van der Waals surface area contributed by atoms with Crippen LogP contribution in [0.4, 0.5) is 0 Å². The maximum atomic E-state index is 12.1. The molecule has 0 bridgehead atoms. The molecule has 0 aromatic carbocycles. The van der Waals surface area contributed by atoms with Gasteiger partial charge in [-0.2, -0.15) is 0 Å². The zero-order chi connectivity index (χ0) is 22.0. The van der Waals surface area contributed by atoms with Gasteiger partial charge in [-0.25, -0.2) is 4.79 Å². The van der Waals surface area contributed by atoms with Crippen molar-refractivity contribution in [2.24, 2.45) is 0 Å². The highest BCUT2D eigenvalue weighted by Gasteiger charge is 2.48. The first kappa shape index (κ1) is 24.0. The van der Waals surface area contributed by atoms with E-state index in [1.165, 1.54) is 10.8 Å². The van der Waals surface area contributed by atoms with E-state index in [0.717, 1.165) is 0 Å². The minimum absolute atomic E-state index is 0.0483. The van der Waals surface area contributed by atoms with Crippen molar-refractivity contribution in [1.29, 1.82) is 0 Å². The zero-order valence-electron chi connectivity index (χ0n) is 18.2. The van der Waals surface area contributed by atoms with Crippen molar-refractivity contribution in [2.75, 3.05) is 26.4 Å². The molecule has 0 radical (unpaired) electrons. The molecule has 0 spiro atoms. The number of ether oxygens (including phenoxy) is 2. The predicted molar refractivity (Wildman–Crippen MR) is 111 cm³/mol. The number of aliphatic hydroxyl groups is 2. The molecule has 3 atom stereocenters. The quantitative estimate of drug-likeness (QED) is 0.413. The van der Waals surface area contributed by atoms with Crippen LogP contribution in [0.15, 0.2) is 15.8 Å². The second-order valence-electron chi connectivity index (χ2n) is 9.21. The van der Waals surface area contributed by atoms with E-state index in [1.54, 1.807) is 6.92 Å². The summed E-state index contributed by atoms with van der Waals surface area (Å²) in [6, 6.07) is 0. The topological polar surface area (TPSA) is 123 Å². The third kappa shape index (κ3) is 5.44. The van der Waals surface area contributed by atoms with Crippen LogP contribution in [0.1, 0.15) is 39.0 Å². The van der Waals surface area contributed by atoms with E-state index in [9.17, 15) is 19.8 Å². The van der Waals surface area contributed by atoms with Gasteiger partial charge in [-0.05, 0) is 25.1 Å². The maximum absolute atomic E-state index is 12.1. The summed E-state index contributed by atoms with van der Waals surface area (Å²) >= 11 is 0. The van der Waals surface area contributed by atoms with Gasteiger partial charge in [0.25, 0.3) is 5.56 Å². The first-order valence-electron chi connectivity index (χ1n) is 9.83. The Kier molecular flexibility index (Phi) is 7.29. The highest BCUT2D eigenvalue weighted by molar-refractivity contribution is 6.74. The summed E-state index contributed by atoms with van der Waals surface area (Å²) < 4.78 is 18.6. The fourth-order valence-electron chi connectivity index (χ4n) is 2.95. The van der Waals surface area contributed by atoms with E-state index < -0.39 is 44.1 Å². The smallest absolute Gasteiger partial charge is 0.330 e. The van der Waals surface area contributed by atoms with Gasteiger partial charge < -0.3 is 24.1 Å². The molecule has 1 aromatic heterocycles. The summed E-state index contributed by atoms with van der Waals surface area (Å²) in [6.45, 7) is 12.6. The van der Waals surface area contributed by atoms with Crippen molar-refractivity contribution < 1.29 is 24.1 Å². The van der Waals surface area contributed by atoms with Crippen LogP contribution in [0.2, 0.25) is 18.1 Å². The van der Waals surface area contributed by atoms with E-state index in [4.69, 9.17) is 13.9 Å². The molecular formula is C19H34N2O7Si. The summed E-state index contributed by atoms with van der Waals surface area (Å²) in [5, 5.41) is 20.7. The lowest BCUT2D eigenvalue weighted by Gasteiger charge is -2.36. The van der Waals surface area contributed by atoms with Crippen LogP contribution in [0.25, 0.3) is 0 Å². The molecule has 0 unspecified atom stereocenters. The molecule has 1 aromatic rings. The number of aryl methyl sites for hydroxylation is 1. The third-order valence-corrected chi connectivity index (χ3v) is 10.5. The van der Waals surface area contributed by atoms with Crippen LogP contribution in [0.5, 0.6) is 0 Å². The molecular weight excluding hydrogens is 396 g/mol. The summed E-state index contributed by atoms with van der Waals surface area (Å²) in [7, 11) is -1.87. The first-order valence-corrected chi connectivity index (χ1v) is 12.7. The van der Waals surface area contributed by atoms with Crippen molar-refractivity contribution in [3.8, 4) is 0 Å². The normalized spacial score (nSPS) is 25.5. The Bertz CT molecular complexity index is 814. The second kappa shape index (κ2) is 8.82. The molecule has 166 valence electrons. The minimum atomic E-state index is -1.87. The molecule has 10 heteroatoms. The van der Waals surface area contributed by atoms with Crippen LogP contribution in [-0.4, -0.2) is 66.2 Å². The molecule has 9 nitrogen and oxygen atoms in total. The van der Waals surface area contributed by atoms with Gasteiger partial charge in [-0.15, -0.1) is 0 Å². The van der Waals surface area contributed by atoms with Crippen LogP contribution < -0.4 is 11.2 Å². The fourth-order valence-corrected chi connectivity index (χ4v) is 3.97. The number of aliphatic hydroxyl groups excluding tert-OH is 1. The lowest BCUT2D eigenvalue weighted by atomic mass is 9.96. The van der Waals surface area contributed by atoms with E-state index >= 15 is 0 Å². The molecule has 1 aliphatic rings. The Hall–Kier alpha value is -1.30. The predicted octanol–water partition coefficient (Wildman–Crippen LogP) is 0.894. The summed E-state index contributed by atoms with van der Waals surface area (Å²) in [6.07, 6.45) is -0.285. The Labute approximate surface area is 171 Å². The van der Waals surface area contributed by atoms with Crippen molar-refractivity contribution in [1.82, 2.24) is 9.55 Å². The van der Waals surface area contributed by atoms with Crippen LogP contribution >= 0.6 is 0 Å². The van der Waals surface area contributed by atoms with Gasteiger partial charge in [0.2, 0.25) is 0 Å². The van der Waals surface area contributed by atoms with Crippen molar-refractivity contribution >= 4 is 8.32 Å². The Morgan fingerprint density at radius 3 is 2.59 bits per heavy atom. The fraction of sp³-hybridized carbons (Fsp3) is 0.789. The minimum Gasteiger partial charge on any atom is -0.414 e. The molecule has 0 aliphatic carbocycles. The average Bonchev–Trinajstić information content (AvgIpc) is 2.93. The van der Waals surface area contributed by atoms with Gasteiger partial charge in [0.05, 0.1) is 26.4 Å². The van der Waals surface area contributed by atoms with Gasteiger partial charge >= 0.3 is 5.69 Å². The highest BCUT2D eigenvalue weighted by Crippen LogP contribution is 2.37. The van der Waals surface area contributed by atoms with Gasteiger partial charge in [0, 0.05) is 18.2 Å². The molecule has 1 aliphatic heterocycles. The van der Waals surface area contributed by atoms with Crippen molar-refractivity contribution in [2.45, 2.75) is 70.2 Å². The van der Waals surface area contributed by atoms with Gasteiger partial charge in [-0.3, -0.25) is 14.3 Å². The van der Waals surface area contributed by atoms with Crippen molar-refractivity contribution in [3.63, 3.8) is 0 Å². The lowest BCUT2D eigenvalue weighted by molar-refractivity contribution is -0.114. The molecule has 2 heterocycles. The Balaban J connectivity index is 1.97. The lowest BCUT2D eigenvalue weighted by Crippen LogP contribution is -2.45. The number of rotatable bonds is 8. The average molecular weight is 431 g/mol. The standard InChI is InChI=1S/C19H34N2O7Si/c1-13-10-21(17(24)20-16(13)23)15-9-19(25,14(11-22)28-15)12-26-7-8-27-29(5,6)18(2,3)4/h10,14-15,22,25H,7-9,11-12H2,1-6H3,(H,20,23,24)/t14-,15-,19-/m1/s1. The third-order valence-electron chi connectivity index (χ3n) is 5.92. The number of hydrogen-bond acceptors (Lipinski definition) is 7. The summed E-state index contributed by atoms with van der Waals surface area (Å²) in [5.41, 5.74) is -2.21. The summed E-state index contributed by atoms with van der Waals surface area (Å²) in [4.78, 5) is 25.9. The molecule has 0 amide bonds. The molecule has 1 fully saturated rings. The molecule has 2 rings (SSSR count). The van der Waals surface area contributed by atoms with Gasteiger partial charge in [0.15, 0.2) is 8.32 Å². The molecule has 29 heavy (non-hydrogen) atoms. The maximum Gasteiger partial charge on any atom is 0.330 e. The van der Waals surface area contributed by atoms with Crippen molar-refractivity contribution in [3.05, 3.63) is 32.6 Å². The number of H-pyrrole nitrogens is 1. The monoisotopic (exact) mass is 430 g/mol. The zero-order valence-corrected chi connectivity index (χ0v) is 19.2. The van der Waals surface area contributed by atoms with Gasteiger partial charge in [0.1, 0.15) is 17.9 Å². The number of nitrogens with one attached hydrogen (secondary N) is 1. The Morgan fingerprint density at radius 2 is 2.00 bits per heavy atom. The van der Waals surface area contributed by atoms with Crippen LogP contribution in [0.3, 0.4) is 0 Å². The molecule has 1 saturated heterocycles. The molecule has 0 saturated carbocycles. The highest BCUT2D eigenvalue weighted by atomic mass is 28.4. The van der Waals surface area contributed by atoms with Crippen LogP contribution in [0, 0.1) is 6.92 Å². The number of aromatic amines is 1. The van der Waals surface area contributed by atoms with Gasteiger partial charge in [-0.1, -0.05) is 20.8 Å². The molecule has 3 N–H and O–H groups in total. The number of aromatic nitrogens is 2. The van der Waals surface area contributed by atoms with E-state index in [2.05, 4.69) is 38.8 Å². The number of nitrogens with zero attached hydrogens (tertiary/aromatic N) is 1. The Morgan fingerprint density at radius 1 is 1.34 bits per heavy atom. The largest absolute Gasteiger partial charge is 0.414 e. The summed E-state index contributed by atoms with van der Waals surface area (Å²) in [5.74, 6) is 0.